The van der Waals surface area contributed by atoms with Crippen LogP contribution in [0, 0.1) is 5.92 Å². The van der Waals surface area contributed by atoms with E-state index in [0.717, 1.165) is 42.5 Å². The van der Waals surface area contributed by atoms with Crippen LogP contribution in [0.15, 0.2) is 28.7 Å². The van der Waals surface area contributed by atoms with Crippen molar-refractivity contribution < 1.29 is 14.9 Å². The second-order valence-corrected chi connectivity index (χ2v) is 6.67. The number of aliphatic hydroxyl groups excluding tert-OH is 2. The van der Waals surface area contributed by atoms with Gasteiger partial charge >= 0.3 is 0 Å². The van der Waals surface area contributed by atoms with Crippen LogP contribution in [0.5, 0.6) is 5.75 Å². The van der Waals surface area contributed by atoms with Crippen LogP contribution in [-0.2, 0) is 0 Å². The molecule has 0 radical (unpaired) electrons. The van der Waals surface area contributed by atoms with E-state index in [1.165, 1.54) is 0 Å². The van der Waals surface area contributed by atoms with Gasteiger partial charge in [0, 0.05) is 11.0 Å². The largest absolute Gasteiger partial charge is 0.491 e. The second kappa shape index (κ2) is 8.73. The molecule has 0 aliphatic heterocycles. The summed E-state index contributed by atoms with van der Waals surface area (Å²) in [5.41, 5.74) is 0. The smallest absolute Gasteiger partial charge is 0.119 e. The number of aliphatic hydroxyl groups is 2. The van der Waals surface area contributed by atoms with Gasteiger partial charge in [0.25, 0.3) is 0 Å². The maximum absolute atomic E-state index is 9.90. The number of nitrogens with one attached hydrogen (secondary N) is 1. The summed E-state index contributed by atoms with van der Waals surface area (Å²) in [5, 5.41) is 22.7. The highest BCUT2D eigenvalue weighted by Crippen LogP contribution is 2.23. The van der Waals surface area contributed by atoms with Crippen molar-refractivity contribution in [2.24, 2.45) is 5.92 Å². The highest BCUT2D eigenvalue weighted by Gasteiger charge is 2.19. The second-order valence-electron chi connectivity index (χ2n) is 5.75. The van der Waals surface area contributed by atoms with Crippen LogP contribution in [0.2, 0.25) is 0 Å². The Morgan fingerprint density at radius 3 is 2.52 bits per heavy atom. The summed E-state index contributed by atoms with van der Waals surface area (Å²) in [7, 11) is 0. The number of ether oxygens (including phenoxy) is 1. The molecule has 1 unspecified atom stereocenters. The fraction of sp³-hybridized carbons (Fsp3) is 0.625. The molecule has 21 heavy (non-hydrogen) atoms. The van der Waals surface area contributed by atoms with Gasteiger partial charge in [0.15, 0.2) is 0 Å². The SMILES string of the molecule is OC1CCC(CNCC(O)COc2ccc(Br)cc2)CC1. The van der Waals surface area contributed by atoms with Crippen molar-refractivity contribution in [2.75, 3.05) is 19.7 Å². The maximum Gasteiger partial charge on any atom is 0.119 e. The standard InChI is InChI=1S/C16H24BrNO3/c17-13-3-7-16(8-4-13)21-11-15(20)10-18-9-12-1-5-14(19)6-2-12/h3-4,7-8,12,14-15,18-20H,1-2,5-6,9-11H2. The maximum atomic E-state index is 9.90. The number of halogens is 1. The minimum Gasteiger partial charge on any atom is -0.491 e. The van der Waals surface area contributed by atoms with E-state index >= 15 is 0 Å². The van der Waals surface area contributed by atoms with Crippen molar-refractivity contribution in [3.05, 3.63) is 28.7 Å². The molecule has 2 rings (SSSR count). The summed E-state index contributed by atoms with van der Waals surface area (Å²) in [6.45, 7) is 1.73. The first kappa shape index (κ1) is 16.7. The lowest BCUT2D eigenvalue weighted by atomic mass is 9.87. The Morgan fingerprint density at radius 2 is 1.86 bits per heavy atom. The van der Waals surface area contributed by atoms with Gasteiger partial charge in [0.05, 0.1) is 6.10 Å². The van der Waals surface area contributed by atoms with Crippen molar-refractivity contribution in [2.45, 2.75) is 37.9 Å². The zero-order valence-corrected chi connectivity index (χ0v) is 13.8. The van der Waals surface area contributed by atoms with Crippen LogP contribution in [-0.4, -0.2) is 42.1 Å². The third-order valence-electron chi connectivity index (χ3n) is 3.89. The monoisotopic (exact) mass is 357 g/mol. The minimum atomic E-state index is -0.511. The number of rotatable bonds is 7. The van der Waals surface area contributed by atoms with Crippen LogP contribution in [0.4, 0.5) is 0 Å². The normalized spacial score (nSPS) is 23.8. The fourth-order valence-electron chi connectivity index (χ4n) is 2.59. The molecule has 1 aliphatic rings. The molecule has 1 fully saturated rings. The van der Waals surface area contributed by atoms with Crippen LogP contribution < -0.4 is 10.1 Å². The van der Waals surface area contributed by atoms with Gasteiger partial charge in [0.2, 0.25) is 0 Å². The Hall–Kier alpha value is -0.620. The number of hydrogen-bond acceptors (Lipinski definition) is 4. The average molecular weight is 358 g/mol. The van der Waals surface area contributed by atoms with Gasteiger partial charge in [0.1, 0.15) is 18.5 Å². The number of benzene rings is 1. The highest BCUT2D eigenvalue weighted by atomic mass is 79.9. The molecule has 1 atom stereocenters. The summed E-state index contributed by atoms with van der Waals surface area (Å²) < 4.78 is 6.54. The molecule has 0 spiro atoms. The molecule has 0 bridgehead atoms. The molecule has 0 heterocycles. The molecule has 5 heteroatoms. The van der Waals surface area contributed by atoms with Gasteiger partial charge in [-0.3, -0.25) is 0 Å². The Kier molecular flexibility index (Phi) is 6.96. The summed E-state index contributed by atoms with van der Waals surface area (Å²) in [5.74, 6) is 1.38. The fourth-order valence-corrected chi connectivity index (χ4v) is 2.85. The topological polar surface area (TPSA) is 61.7 Å². The first-order chi connectivity index (χ1) is 10.1. The summed E-state index contributed by atoms with van der Waals surface area (Å²) in [6.07, 6.45) is 3.33. The molecule has 1 aliphatic carbocycles. The van der Waals surface area contributed by atoms with E-state index in [1.807, 2.05) is 24.3 Å². The van der Waals surface area contributed by atoms with Gasteiger partial charge in [-0.1, -0.05) is 15.9 Å². The molecule has 1 aromatic carbocycles. The lowest BCUT2D eigenvalue weighted by Gasteiger charge is -2.26. The van der Waals surface area contributed by atoms with E-state index in [4.69, 9.17) is 4.74 Å². The lowest BCUT2D eigenvalue weighted by Crippen LogP contribution is -2.35. The Labute approximate surface area is 134 Å². The number of hydrogen-bond donors (Lipinski definition) is 3. The zero-order valence-electron chi connectivity index (χ0n) is 12.2. The Bertz CT molecular complexity index is 404. The first-order valence-corrected chi connectivity index (χ1v) is 8.38. The third-order valence-corrected chi connectivity index (χ3v) is 4.41. The summed E-state index contributed by atoms with van der Waals surface area (Å²) in [6, 6.07) is 7.57. The molecule has 0 aromatic heterocycles. The molecular formula is C16H24BrNO3. The van der Waals surface area contributed by atoms with E-state index < -0.39 is 6.10 Å². The molecule has 1 aromatic rings. The summed E-state index contributed by atoms with van der Waals surface area (Å²) in [4.78, 5) is 0. The van der Waals surface area contributed by atoms with E-state index in [2.05, 4.69) is 21.2 Å². The van der Waals surface area contributed by atoms with Crippen molar-refractivity contribution in [1.29, 1.82) is 0 Å². The quantitative estimate of drug-likeness (QED) is 0.700. The van der Waals surface area contributed by atoms with Crippen molar-refractivity contribution in [3.8, 4) is 5.75 Å². The molecule has 3 N–H and O–H groups in total. The molecular weight excluding hydrogens is 334 g/mol. The van der Waals surface area contributed by atoms with E-state index in [9.17, 15) is 10.2 Å². The predicted molar refractivity (Wildman–Crippen MR) is 86.5 cm³/mol. The predicted octanol–water partition coefficient (Wildman–Crippen LogP) is 2.33. The van der Waals surface area contributed by atoms with Crippen LogP contribution in [0.25, 0.3) is 0 Å². The molecule has 0 saturated heterocycles. The molecule has 4 nitrogen and oxygen atoms in total. The molecule has 118 valence electrons. The van der Waals surface area contributed by atoms with Gasteiger partial charge in [-0.25, -0.2) is 0 Å². The van der Waals surface area contributed by atoms with E-state index in [1.54, 1.807) is 0 Å². The van der Waals surface area contributed by atoms with Crippen molar-refractivity contribution in [3.63, 3.8) is 0 Å². The van der Waals surface area contributed by atoms with Gasteiger partial charge in [-0.15, -0.1) is 0 Å². The molecule has 1 saturated carbocycles. The average Bonchev–Trinajstić information content (AvgIpc) is 2.49. The lowest BCUT2D eigenvalue weighted by molar-refractivity contribution is 0.0953. The van der Waals surface area contributed by atoms with Gasteiger partial charge in [-0.2, -0.15) is 0 Å². The van der Waals surface area contributed by atoms with Gasteiger partial charge < -0.3 is 20.3 Å². The van der Waals surface area contributed by atoms with Crippen LogP contribution in [0.1, 0.15) is 25.7 Å². The van der Waals surface area contributed by atoms with Crippen LogP contribution >= 0.6 is 15.9 Å². The van der Waals surface area contributed by atoms with Crippen molar-refractivity contribution >= 4 is 15.9 Å². The third kappa shape index (κ3) is 6.34. The highest BCUT2D eigenvalue weighted by molar-refractivity contribution is 9.10. The zero-order chi connectivity index (χ0) is 15.1. The van der Waals surface area contributed by atoms with Crippen molar-refractivity contribution in [1.82, 2.24) is 5.32 Å². The van der Waals surface area contributed by atoms with E-state index in [0.29, 0.717) is 12.5 Å². The van der Waals surface area contributed by atoms with Crippen LogP contribution in [0.3, 0.4) is 0 Å². The Morgan fingerprint density at radius 1 is 1.19 bits per heavy atom. The minimum absolute atomic E-state index is 0.105. The van der Waals surface area contributed by atoms with Gasteiger partial charge in [-0.05, 0) is 62.4 Å². The first-order valence-electron chi connectivity index (χ1n) is 7.58. The summed E-state index contributed by atoms with van der Waals surface area (Å²) >= 11 is 3.37. The van der Waals surface area contributed by atoms with E-state index in [-0.39, 0.29) is 12.7 Å². The molecule has 0 amide bonds. The Balaban J connectivity index is 1.57.